The lowest BCUT2D eigenvalue weighted by molar-refractivity contribution is 0.575. The van der Waals surface area contributed by atoms with Crippen molar-refractivity contribution in [2.24, 2.45) is 0 Å². The normalized spacial score (nSPS) is 10.9. The zero-order valence-electron chi connectivity index (χ0n) is 12.9. The first-order valence-corrected chi connectivity index (χ1v) is 7.99. The molecule has 0 fully saturated rings. The van der Waals surface area contributed by atoms with E-state index in [-0.39, 0.29) is 0 Å². The number of hydrogen-bond acceptors (Lipinski definition) is 3. The maximum Gasteiger partial charge on any atom is 0.224 e. The van der Waals surface area contributed by atoms with E-state index >= 15 is 0 Å². The molecule has 1 rings (SSSR count). The molecule has 0 bridgehead atoms. The molecule has 0 saturated heterocycles. The van der Waals surface area contributed by atoms with Gasteiger partial charge in [0.05, 0.1) is 0 Å². The highest BCUT2D eigenvalue weighted by Crippen LogP contribution is 2.12. The summed E-state index contributed by atoms with van der Waals surface area (Å²) in [6.07, 6.45) is 10.5. The molecular weight excluding hydrogens is 236 g/mol. The minimum atomic E-state index is 0.898. The van der Waals surface area contributed by atoms with Crippen molar-refractivity contribution in [1.82, 2.24) is 14.8 Å². The largest absolute Gasteiger partial charge is 0.355 e. The second kappa shape index (κ2) is 9.82. The first-order chi connectivity index (χ1) is 9.33. The summed E-state index contributed by atoms with van der Waals surface area (Å²) in [6.45, 7) is 8.35. The standard InChI is InChI=1S/C15H30N4/c1-4-7-8-9-10-11-12-13-14-17-18-15(16-5-2)19(14)6-3/h4-13H2,1-3H3,(H,16,18). The number of rotatable bonds is 11. The molecule has 0 atom stereocenters. The molecule has 0 aliphatic heterocycles. The van der Waals surface area contributed by atoms with Gasteiger partial charge in [-0.2, -0.15) is 0 Å². The third-order valence-corrected chi connectivity index (χ3v) is 3.48. The smallest absolute Gasteiger partial charge is 0.224 e. The molecule has 1 aromatic rings. The molecule has 1 heterocycles. The highest BCUT2D eigenvalue weighted by molar-refractivity contribution is 5.25. The topological polar surface area (TPSA) is 42.7 Å². The maximum absolute atomic E-state index is 4.30. The van der Waals surface area contributed by atoms with Crippen molar-refractivity contribution >= 4 is 5.95 Å². The number of anilines is 1. The molecule has 0 aliphatic carbocycles. The van der Waals surface area contributed by atoms with Crippen molar-refractivity contribution in [2.45, 2.75) is 78.7 Å². The van der Waals surface area contributed by atoms with E-state index in [0.29, 0.717) is 0 Å². The lowest BCUT2D eigenvalue weighted by atomic mass is 10.1. The van der Waals surface area contributed by atoms with Crippen molar-refractivity contribution in [2.75, 3.05) is 11.9 Å². The number of nitrogens with zero attached hydrogens (tertiary/aromatic N) is 3. The van der Waals surface area contributed by atoms with E-state index in [2.05, 4.69) is 40.9 Å². The van der Waals surface area contributed by atoms with Crippen LogP contribution in [0.25, 0.3) is 0 Å². The van der Waals surface area contributed by atoms with Crippen LogP contribution in [0.15, 0.2) is 0 Å². The van der Waals surface area contributed by atoms with Crippen LogP contribution < -0.4 is 5.32 Å². The average molecular weight is 266 g/mol. The van der Waals surface area contributed by atoms with Crippen molar-refractivity contribution in [3.63, 3.8) is 0 Å². The molecule has 19 heavy (non-hydrogen) atoms. The summed E-state index contributed by atoms with van der Waals surface area (Å²) in [5.74, 6) is 2.05. The molecule has 0 unspecified atom stereocenters. The second-order valence-corrected chi connectivity index (χ2v) is 5.09. The van der Waals surface area contributed by atoms with Gasteiger partial charge in [-0.25, -0.2) is 0 Å². The van der Waals surface area contributed by atoms with Gasteiger partial charge in [0.2, 0.25) is 5.95 Å². The van der Waals surface area contributed by atoms with Crippen molar-refractivity contribution in [3.05, 3.63) is 5.82 Å². The zero-order chi connectivity index (χ0) is 13.9. The highest BCUT2D eigenvalue weighted by Gasteiger charge is 2.08. The Hall–Kier alpha value is -1.06. The van der Waals surface area contributed by atoms with Crippen LogP contribution in [-0.2, 0) is 13.0 Å². The summed E-state index contributed by atoms with van der Waals surface area (Å²) in [5.41, 5.74) is 0. The summed E-state index contributed by atoms with van der Waals surface area (Å²) in [5, 5.41) is 11.8. The Balaban J connectivity index is 2.25. The van der Waals surface area contributed by atoms with Gasteiger partial charge >= 0.3 is 0 Å². The predicted octanol–water partition coefficient (Wildman–Crippen LogP) is 4.02. The summed E-state index contributed by atoms with van der Waals surface area (Å²) in [4.78, 5) is 0. The number of unbranched alkanes of at least 4 members (excludes halogenated alkanes) is 6. The first kappa shape index (κ1) is 16.0. The molecule has 0 amide bonds. The lowest BCUT2D eigenvalue weighted by Gasteiger charge is -2.07. The van der Waals surface area contributed by atoms with Crippen LogP contribution in [0.1, 0.15) is 71.5 Å². The SMILES string of the molecule is CCCCCCCCCc1nnc(NCC)n1CC. The quantitative estimate of drug-likeness (QED) is 0.615. The molecule has 1 N–H and O–H groups in total. The fourth-order valence-corrected chi connectivity index (χ4v) is 2.38. The Labute approximate surface area is 118 Å². The summed E-state index contributed by atoms with van der Waals surface area (Å²) < 4.78 is 2.20. The molecule has 110 valence electrons. The van der Waals surface area contributed by atoms with Gasteiger partial charge in [0.15, 0.2) is 0 Å². The fraction of sp³-hybridized carbons (Fsp3) is 0.867. The predicted molar refractivity (Wildman–Crippen MR) is 81.6 cm³/mol. The Kier molecular flexibility index (Phi) is 8.26. The van der Waals surface area contributed by atoms with Gasteiger partial charge in [-0.3, -0.25) is 4.57 Å². The van der Waals surface area contributed by atoms with E-state index in [1.807, 2.05) is 0 Å². The summed E-state index contributed by atoms with van der Waals surface area (Å²) >= 11 is 0. The van der Waals surface area contributed by atoms with Gasteiger partial charge in [0.25, 0.3) is 0 Å². The Morgan fingerprint density at radius 3 is 2.21 bits per heavy atom. The van der Waals surface area contributed by atoms with Crippen molar-refractivity contribution < 1.29 is 0 Å². The van der Waals surface area contributed by atoms with Crippen LogP contribution in [0.3, 0.4) is 0 Å². The van der Waals surface area contributed by atoms with Gasteiger partial charge in [-0.15, -0.1) is 10.2 Å². The summed E-state index contributed by atoms with van der Waals surface area (Å²) in [7, 11) is 0. The van der Waals surface area contributed by atoms with Crippen molar-refractivity contribution in [3.8, 4) is 0 Å². The molecular formula is C15H30N4. The Morgan fingerprint density at radius 2 is 1.58 bits per heavy atom. The minimum Gasteiger partial charge on any atom is -0.355 e. The molecule has 0 aromatic carbocycles. The third kappa shape index (κ3) is 5.62. The molecule has 0 aliphatic rings. The zero-order valence-corrected chi connectivity index (χ0v) is 12.9. The molecule has 0 radical (unpaired) electrons. The van der Waals surface area contributed by atoms with E-state index in [4.69, 9.17) is 0 Å². The van der Waals surface area contributed by atoms with E-state index in [0.717, 1.165) is 31.3 Å². The van der Waals surface area contributed by atoms with E-state index in [9.17, 15) is 0 Å². The average Bonchev–Trinajstić information content (AvgIpc) is 2.80. The third-order valence-electron chi connectivity index (χ3n) is 3.48. The van der Waals surface area contributed by atoms with Gasteiger partial charge in [0, 0.05) is 19.5 Å². The number of aromatic nitrogens is 3. The van der Waals surface area contributed by atoms with Crippen molar-refractivity contribution in [1.29, 1.82) is 0 Å². The van der Waals surface area contributed by atoms with Crippen LogP contribution in [0.2, 0.25) is 0 Å². The van der Waals surface area contributed by atoms with E-state index < -0.39 is 0 Å². The Morgan fingerprint density at radius 1 is 0.895 bits per heavy atom. The van der Waals surface area contributed by atoms with Crippen LogP contribution in [0.4, 0.5) is 5.95 Å². The van der Waals surface area contributed by atoms with E-state index in [1.54, 1.807) is 0 Å². The highest BCUT2D eigenvalue weighted by atomic mass is 15.3. The maximum atomic E-state index is 4.30. The lowest BCUT2D eigenvalue weighted by Crippen LogP contribution is -2.08. The van der Waals surface area contributed by atoms with Gasteiger partial charge in [-0.1, -0.05) is 45.4 Å². The fourth-order valence-electron chi connectivity index (χ4n) is 2.38. The molecule has 1 aromatic heterocycles. The molecule has 0 saturated carbocycles. The second-order valence-electron chi connectivity index (χ2n) is 5.09. The monoisotopic (exact) mass is 266 g/mol. The van der Waals surface area contributed by atoms with Crippen LogP contribution >= 0.6 is 0 Å². The van der Waals surface area contributed by atoms with Crippen LogP contribution in [0, 0.1) is 0 Å². The molecule has 4 heteroatoms. The van der Waals surface area contributed by atoms with Gasteiger partial charge in [0.1, 0.15) is 5.82 Å². The number of hydrogen-bond donors (Lipinski definition) is 1. The minimum absolute atomic E-state index is 0.898. The van der Waals surface area contributed by atoms with Crippen LogP contribution in [-0.4, -0.2) is 21.3 Å². The van der Waals surface area contributed by atoms with Gasteiger partial charge < -0.3 is 5.32 Å². The molecule has 0 spiro atoms. The number of aryl methyl sites for hydroxylation is 1. The number of nitrogens with one attached hydrogen (secondary N) is 1. The summed E-state index contributed by atoms with van der Waals surface area (Å²) in [6, 6.07) is 0. The first-order valence-electron chi connectivity index (χ1n) is 7.99. The Bertz CT molecular complexity index is 333. The van der Waals surface area contributed by atoms with Crippen LogP contribution in [0.5, 0.6) is 0 Å². The molecule has 4 nitrogen and oxygen atoms in total. The van der Waals surface area contributed by atoms with Gasteiger partial charge in [-0.05, 0) is 20.3 Å². The van der Waals surface area contributed by atoms with E-state index in [1.165, 1.54) is 44.9 Å².